The van der Waals surface area contributed by atoms with Gasteiger partial charge in [0.15, 0.2) is 0 Å². The first-order chi connectivity index (χ1) is 17.2. The average Bonchev–Trinajstić information content (AvgIpc) is 2.85. The van der Waals surface area contributed by atoms with Crippen LogP contribution in [0, 0.1) is 5.41 Å². The fraction of sp³-hybridized carbons (Fsp3) is 0.774. The molecule has 4 nitrogen and oxygen atoms in total. The number of nitrogens with two attached hydrogens (primary N) is 1. The van der Waals surface area contributed by atoms with Crippen LogP contribution in [0.4, 0.5) is 0 Å². The molecule has 36 heavy (non-hydrogen) atoms. The van der Waals surface area contributed by atoms with Gasteiger partial charge in [-0.05, 0) is 25.0 Å². The van der Waals surface area contributed by atoms with E-state index in [1.165, 1.54) is 116 Å². The van der Waals surface area contributed by atoms with Gasteiger partial charge in [-0.1, -0.05) is 129 Å². The fourth-order valence-electron chi connectivity index (χ4n) is 4.45. The molecule has 0 amide bonds. The minimum absolute atomic E-state index is 0. The number of ether oxygens (including phenoxy) is 2. The zero-order chi connectivity index (χ0) is 25.4. The zero-order valence-electron chi connectivity index (χ0n) is 23.6. The molecule has 0 radical (unpaired) electrons. The molecule has 1 rings (SSSR count). The first kappa shape index (κ1) is 34.6. The number of benzene rings is 1. The molecule has 5 heteroatoms. The second-order valence-electron chi connectivity index (χ2n) is 10.2. The van der Waals surface area contributed by atoms with Crippen molar-refractivity contribution in [3.05, 3.63) is 23.8 Å². The van der Waals surface area contributed by atoms with E-state index in [0.717, 1.165) is 24.3 Å². The third-order valence-corrected chi connectivity index (χ3v) is 6.72. The first-order valence-electron chi connectivity index (χ1n) is 14.9. The summed E-state index contributed by atoms with van der Waals surface area (Å²) in [6, 6.07) is 5.65. The predicted molar refractivity (Wildman–Crippen MR) is 159 cm³/mol. The summed E-state index contributed by atoms with van der Waals surface area (Å²) >= 11 is 0. The summed E-state index contributed by atoms with van der Waals surface area (Å²) in [5.41, 5.74) is 6.42. The standard InChI is InChI=1S/C31H56N2O2.ClH/c1-3-5-7-9-11-13-15-17-19-21-23-34-29-25-28(31(32)33)26-30(27-29)35-24-22-20-18-16-14-12-10-8-6-4-2;/h25-27H,3-24H2,1-2H3,(H3,32,33);1H. The molecular formula is C31H57ClN2O2. The molecule has 1 aromatic rings. The van der Waals surface area contributed by atoms with Crippen molar-refractivity contribution in [3.63, 3.8) is 0 Å². The van der Waals surface area contributed by atoms with Crippen molar-refractivity contribution in [2.75, 3.05) is 13.2 Å². The van der Waals surface area contributed by atoms with E-state index in [0.29, 0.717) is 18.8 Å². The average molecular weight is 525 g/mol. The number of halogens is 1. The summed E-state index contributed by atoms with van der Waals surface area (Å²) in [6.45, 7) is 5.95. The summed E-state index contributed by atoms with van der Waals surface area (Å²) in [5.74, 6) is 1.57. The molecule has 0 bridgehead atoms. The number of hydrogen-bond donors (Lipinski definition) is 2. The van der Waals surface area contributed by atoms with Crippen LogP contribution in [0.2, 0.25) is 0 Å². The van der Waals surface area contributed by atoms with E-state index in [1.807, 2.05) is 18.2 Å². The van der Waals surface area contributed by atoms with Gasteiger partial charge in [0.1, 0.15) is 17.3 Å². The van der Waals surface area contributed by atoms with Crippen LogP contribution >= 0.6 is 12.4 Å². The van der Waals surface area contributed by atoms with E-state index in [2.05, 4.69) is 13.8 Å². The fourth-order valence-corrected chi connectivity index (χ4v) is 4.45. The maximum absolute atomic E-state index is 7.82. The lowest BCUT2D eigenvalue weighted by Gasteiger charge is -2.12. The van der Waals surface area contributed by atoms with E-state index < -0.39 is 0 Å². The Hall–Kier alpha value is -1.42. The number of nitrogen functional groups attached to an aromatic ring is 1. The molecule has 0 aromatic heterocycles. The molecule has 0 aliphatic rings. The zero-order valence-corrected chi connectivity index (χ0v) is 24.4. The van der Waals surface area contributed by atoms with Gasteiger partial charge in [-0.2, -0.15) is 0 Å². The van der Waals surface area contributed by atoms with Crippen molar-refractivity contribution < 1.29 is 9.47 Å². The summed E-state index contributed by atoms with van der Waals surface area (Å²) in [6.07, 6.45) is 26.3. The van der Waals surface area contributed by atoms with Gasteiger partial charge in [0, 0.05) is 11.6 Å². The molecule has 0 atom stereocenters. The van der Waals surface area contributed by atoms with Crippen LogP contribution in [0.15, 0.2) is 18.2 Å². The van der Waals surface area contributed by atoms with Crippen molar-refractivity contribution in [2.45, 2.75) is 142 Å². The Kier molecular flexibility index (Phi) is 24.2. The Labute approximate surface area is 229 Å². The highest BCUT2D eigenvalue weighted by Gasteiger charge is 2.06. The van der Waals surface area contributed by atoms with Gasteiger partial charge in [0.2, 0.25) is 0 Å². The summed E-state index contributed by atoms with van der Waals surface area (Å²) < 4.78 is 12.0. The molecule has 0 spiro atoms. The van der Waals surface area contributed by atoms with Crippen LogP contribution in [0.1, 0.15) is 148 Å². The summed E-state index contributed by atoms with van der Waals surface area (Å²) in [4.78, 5) is 0. The molecule has 1 aromatic carbocycles. The molecule has 210 valence electrons. The van der Waals surface area contributed by atoms with Crippen molar-refractivity contribution in [1.29, 1.82) is 5.41 Å². The van der Waals surface area contributed by atoms with Crippen molar-refractivity contribution in [1.82, 2.24) is 0 Å². The van der Waals surface area contributed by atoms with Crippen LogP contribution in [0.5, 0.6) is 11.5 Å². The highest BCUT2D eigenvalue weighted by Crippen LogP contribution is 2.24. The molecule has 0 unspecified atom stereocenters. The Balaban J connectivity index is 0.0000122. The Morgan fingerprint density at radius 3 is 1.17 bits per heavy atom. The molecular weight excluding hydrogens is 468 g/mol. The van der Waals surface area contributed by atoms with Crippen molar-refractivity contribution in [2.24, 2.45) is 5.73 Å². The lowest BCUT2D eigenvalue weighted by Crippen LogP contribution is -2.12. The first-order valence-corrected chi connectivity index (χ1v) is 14.9. The molecule has 0 saturated carbocycles. The predicted octanol–water partition coefficient (Wildman–Crippen LogP) is 9.99. The second kappa shape index (κ2) is 25.2. The normalized spacial score (nSPS) is 10.7. The minimum atomic E-state index is 0. The van der Waals surface area contributed by atoms with Gasteiger partial charge in [-0.15, -0.1) is 12.4 Å². The highest BCUT2D eigenvalue weighted by molar-refractivity contribution is 5.95. The third-order valence-electron chi connectivity index (χ3n) is 6.72. The smallest absolute Gasteiger partial charge is 0.123 e. The molecule has 0 heterocycles. The van der Waals surface area contributed by atoms with Crippen LogP contribution < -0.4 is 15.2 Å². The molecule has 0 fully saturated rings. The third kappa shape index (κ3) is 19.7. The van der Waals surface area contributed by atoms with E-state index in [-0.39, 0.29) is 18.2 Å². The summed E-state index contributed by atoms with van der Waals surface area (Å²) in [7, 11) is 0. The SMILES string of the molecule is CCCCCCCCCCCCOc1cc(OCCCCCCCCCCCC)cc(C(=N)N)c1.Cl. The van der Waals surface area contributed by atoms with E-state index >= 15 is 0 Å². The molecule has 3 N–H and O–H groups in total. The van der Waals surface area contributed by atoms with Gasteiger partial charge in [-0.3, -0.25) is 5.41 Å². The molecule has 0 aliphatic carbocycles. The number of hydrogen-bond acceptors (Lipinski definition) is 3. The number of amidine groups is 1. The second-order valence-corrected chi connectivity index (χ2v) is 10.2. The van der Waals surface area contributed by atoms with Crippen LogP contribution in [-0.4, -0.2) is 19.0 Å². The van der Waals surface area contributed by atoms with Gasteiger partial charge in [-0.25, -0.2) is 0 Å². The highest BCUT2D eigenvalue weighted by atomic mass is 35.5. The monoisotopic (exact) mass is 524 g/mol. The van der Waals surface area contributed by atoms with Crippen LogP contribution in [0.25, 0.3) is 0 Å². The quantitative estimate of drug-likeness (QED) is 0.0759. The van der Waals surface area contributed by atoms with E-state index in [9.17, 15) is 0 Å². The molecule has 0 saturated heterocycles. The number of unbranched alkanes of at least 4 members (excludes halogenated alkanes) is 18. The lowest BCUT2D eigenvalue weighted by atomic mass is 10.1. The topological polar surface area (TPSA) is 68.3 Å². The van der Waals surface area contributed by atoms with Crippen molar-refractivity contribution in [3.8, 4) is 11.5 Å². The minimum Gasteiger partial charge on any atom is -0.493 e. The maximum Gasteiger partial charge on any atom is 0.123 e. The van der Waals surface area contributed by atoms with E-state index in [4.69, 9.17) is 20.6 Å². The lowest BCUT2D eigenvalue weighted by molar-refractivity contribution is 0.289. The largest absolute Gasteiger partial charge is 0.493 e. The summed E-state index contributed by atoms with van der Waals surface area (Å²) in [5, 5.41) is 7.82. The van der Waals surface area contributed by atoms with Gasteiger partial charge < -0.3 is 15.2 Å². The van der Waals surface area contributed by atoms with Crippen molar-refractivity contribution >= 4 is 18.2 Å². The van der Waals surface area contributed by atoms with Gasteiger partial charge in [0.25, 0.3) is 0 Å². The van der Waals surface area contributed by atoms with Crippen LogP contribution in [0.3, 0.4) is 0 Å². The number of rotatable bonds is 25. The Morgan fingerprint density at radius 2 is 0.861 bits per heavy atom. The van der Waals surface area contributed by atoms with Gasteiger partial charge >= 0.3 is 0 Å². The van der Waals surface area contributed by atoms with Crippen LogP contribution in [-0.2, 0) is 0 Å². The van der Waals surface area contributed by atoms with E-state index in [1.54, 1.807) is 0 Å². The Bertz CT molecular complexity index is 595. The number of nitrogens with one attached hydrogen (secondary N) is 1. The van der Waals surface area contributed by atoms with Gasteiger partial charge in [0.05, 0.1) is 13.2 Å². The molecule has 0 aliphatic heterocycles. The maximum atomic E-state index is 7.82. The Morgan fingerprint density at radius 1 is 0.556 bits per heavy atom.